The first-order valence-electron chi connectivity index (χ1n) is 2.47. The van der Waals surface area contributed by atoms with Crippen LogP contribution < -0.4 is 9.89 Å². The maximum atomic E-state index is 5.55. The summed E-state index contributed by atoms with van der Waals surface area (Å²) in [5, 5.41) is 0. The monoisotopic (exact) mass is 156 g/mol. The number of hydrogen-bond donors (Lipinski definition) is 1. The van der Waals surface area contributed by atoms with Crippen molar-refractivity contribution in [3.63, 3.8) is 0 Å². The zero-order valence-electron chi connectivity index (χ0n) is 4.59. The van der Waals surface area contributed by atoms with Crippen molar-refractivity contribution in [2.75, 3.05) is 5.73 Å². The second-order valence-electron chi connectivity index (χ2n) is 1.70. The average Bonchev–Trinajstić information content (AvgIpc) is 1.77. The zero-order valence-corrected chi connectivity index (χ0v) is 7.56. The third-order valence-corrected chi connectivity index (χ3v) is 2.41. The Hall–Kier alpha value is -0.357. The molecule has 1 aromatic carbocycles. The van der Waals surface area contributed by atoms with Gasteiger partial charge in [0.15, 0.2) is 0 Å². The molecule has 0 fully saturated rings. The van der Waals surface area contributed by atoms with E-state index >= 15 is 0 Å². The molecule has 2 N–H and O–H groups in total. The van der Waals surface area contributed by atoms with E-state index in [-0.39, 0.29) is 0 Å². The minimum absolute atomic E-state index is 0.924. The molecule has 37 valence electrons. The van der Waals surface area contributed by atoms with Crippen molar-refractivity contribution in [2.24, 2.45) is 0 Å². The summed E-state index contributed by atoms with van der Waals surface area (Å²) >= 11 is 1.15. The molecule has 0 aliphatic carbocycles. The second-order valence-corrected chi connectivity index (χ2v) is 3.30. The topological polar surface area (TPSA) is 26.0 Å². The molecule has 1 aromatic rings. The number of anilines is 1. The maximum absolute atomic E-state index is 5.55. The van der Waals surface area contributed by atoms with Gasteiger partial charge in [-0.3, -0.25) is 0 Å². The molecular formula is C6H6NZn. The summed E-state index contributed by atoms with van der Waals surface area (Å²) in [4.78, 5) is 0. The Morgan fingerprint density at radius 2 is 1.88 bits per heavy atom. The molecule has 1 nitrogen and oxygen atoms in total. The van der Waals surface area contributed by atoms with Crippen molar-refractivity contribution in [1.29, 1.82) is 0 Å². The van der Waals surface area contributed by atoms with Crippen molar-refractivity contribution in [2.45, 2.75) is 0 Å². The van der Waals surface area contributed by atoms with Gasteiger partial charge in [0.2, 0.25) is 0 Å². The molecule has 0 bridgehead atoms. The van der Waals surface area contributed by atoms with Crippen LogP contribution in [0.25, 0.3) is 0 Å². The molecule has 0 saturated carbocycles. The van der Waals surface area contributed by atoms with Crippen LogP contribution in [0.5, 0.6) is 0 Å². The minimum atomic E-state index is 0.924. The van der Waals surface area contributed by atoms with Crippen LogP contribution in [0.4, 0.5) is 5.69 Å². The predicted molar refractivity (Wildman–Crippen MR) is 30.5 cm³/mol. The van der Waals surface area contributed by atoms with E-state index in [9.17, 15) is 0 Å². The number of para-hydroxylation sites is 1. The molecule has 0 unspecified atom stereocenters. The molecule has 0 radical (unpaired) electrons. The fourth-order valence-electron chi connectivity index (χ4n) is 0.534. The molecule has 0 amide bonds. The van der Waals surface area contributed by atoms with Gasteiger partial charge in [0.05, 0.1) is 0 Å². The summed E-state index contributed by atoms with van der Waals surface area (Å²) in [6.45, 7) is 0. The van der Waals surface area contributed by atoms with Gasteiger partial charge in [-0.2, -0.15) is 0 Å². The fourth-order valence-corrected chi connectivity index (χ4v) is 1.07. The number of hydrogen-bond acceptors (Lipinski definition) is 1. The number of benzene rings is 1. The van der Waals surface area contributed by atoms with E-state index in [4.69, 9.17) is 5.73 Å². The third-order valence-electron chi connectivity index (χ3n) is 1.06. The van der Waals surface area contributed by atoms with E-state index in [2.05, 4.69) is 6.07 Å². The first-order valence-corrected chi connectivity index (χ1v) is 3.95. The Kier molecular flexibility index (Phi) is 1.64. The molecule has 2 heteroatoms. The average molecular weight is 158 g/mol. The molecule has 0 aliphatic rings. The Morgan fingerprint density at radius 1 is 1.25 bits per heavy atom. The van der Waals surface area contributed by atoms with Gasteiger partial charge in [-0.25, -0.2) is 0 Å². The molecule has 0 spiro atoms. The van der Waals surface area contributed by atoms with Gasteiger partial charge in [-0.15, -0.1) is 0 Å². The normalized spacial score (nSPS) is 9.25. The molecule has 1 rings (SSSR count). The van der Waals surface area contributed by atoms with Gasteiger partial charge in [0.1, 0.15) is 0 Å². The predicted octanol–water partition coefficient (Wildman–Crippen LogP) is 0.441. The third kappa shape index (κ3) is 1.07. The van der Waals surface area contributed by atoms with Gasteiger partial charge >= 0.3 is 58.1 Å². The van der Waals surface area contributed by atoms with Crippen LogP contribution in [-0.2, 0) is 18.3 Å². The molecule has 0 heterocycles. The Balaban J connectivity index is 3.13. The molecule has 0 saturated heterocycles. The van der Waals surface area contributed by atoms with Crippen molar-refractivity contribution < 1.29 is 18.3 Å². The van der Waals surface area contributed by atoms with E-state index in [1.807, 2.05) is 18.2 Å². The van der Waals surface area contributed by atoms with E-state index in [1.54, 1.807) is 0 Å². The SMILES string of the molecule is Nc1cccc[c]1[Zn]. The van der Waals surface area contributed by atoms with Crippen molar-refractivity contribution in [3.8, 4) is 0 Å². The van der Waals surface area contributed by atoms with Gasteiger partial charge in [-0.1, -0.05) is 0 Å². The zero-order chi connectivity index (χ0) is 5.98. The Labute approximate surface area is 58.6 Å². The first kappa shape index (κ1) is 5.77. The Morgan fingerprint density at radius 3 is 2.25 bits per heavy atom. The summed E-state index contributed by atoms with van der Waals surface area (Å²) < 4.78 is 1.27. The molecule has 0 aromatic heterocycles. The molecular weight excluding hydrogens is 151 g/mol. The van der Waals surface area contributed by atoms with Crippen molar-refractivity contribution >= 4 is 9.85 Å². The van der Waals surface area contributed by atoms with Crippen LogP contribution in [0.15, 0.2) is 24.3 Å². The van der Waals surface area contributed by atoms with Crippen LogP contribution in [0, 0.1) is 0 Å². The van der Waals surface area contributed by atoms with Gasteiger partial charge in [0.25, 0.3) is 0 Å². The summed E-state index contributed by atoms with van der Waals surface area (Å²) in [7, 11) is 0. The fraction of sp³-hybridized carbons (Fsp3) is 0. The number of nitrogens with two attached hydrogens (primary N) is 1. The van der Waals surface area contributed by atoms with Gasteiger partial charge in [-0.05, 0) is 0 Å². The van der Waals surface area contributed by atoms with E-state index in [0.717, 1.165) is 24.0 Å². The summed E-state index contributed by atoms with van der Waals surface area (Å²) in [6.07, 6.45) is 0. The van der Waals surface area contributed by atoms with E-state index in [1.165, 1.54) is 4.16 Å². The molecule has 0 aliphatic heterocycles. The van der Waals surface area contributed by atoms with Gasteiger partial charge < -0.3 is 0 Å². The van der Waals surface area contributed by atoms with Crippen LogP contribution >= 0.6 is 0 Å². The Bertz CT molecular complexity index is 165. The molecule has 8 heavy (non-hydrogen) atoms. The molecule has 0 atom stereocenters. The quantitative estimate of drug-likeness (QED) is 0.429. The van der Waals surface area contributed by atoms with Crippen LogP contribution in [-0.4, -0.2) is 0 Å². The summed E-state index contributed by atoms with van der Waals surface area (Å²) in [5.74, 6) is 0. The van der Waals surface area contributed by atoms with E-state index in [0.29, 0.717) is 0 Å². The number of nitrogen functional groups attached to an aromatic ring is 1. The van der Waals surface area contributed by atoms with Crippen LogP contribution in [0.3, 0.4) is 0 Å². The van der Waals surface area contributed by atoms with Crippen LogP contribution in [0.2, 0.25) is 0 Å². The number of rotatable bonds is 0. The first-order chi connectivity index (χ1) is 3.80. The summed E-state index contributed by atoms with van der Waals surface area (Å²) in [6, 6.07) is 7.94. The van der Waals surface area contributed by atoms with Crippen molar-refractivity contribution in [3.05, 3.63) is 24.3 Å². The van der Waals surface area contributed by atoms with E-state index < -0.39 is 0 Å². The van der Waals surface area contributed by atoms with Gasteiger partial charge in [0, 0.05) is 0 Å². The van der Waals surface area contributed by atoms with Crippen LogP contribution in [0.1, 0.15) is 0 Å². The second kappa shape index (κ2) is 2.28. The standard InChI is InChI=1S/C6H6N.Zn/c7-6-4-2-1-3-5-6;/h1-4H,7H2;. The summed E-state index contributed by atoms with van der Waals surface area (Å²) in [5.41, 5.74) is 6.47. The van der Waals surface area contributed by atoms with Crippen molar-refractivity contribution in [1.82, 2.24) is 0 Å².